The molecule has 2 rings (SSSR count). The van der Waals surface area contributed by atoms with Crippen molar-refractivity contribution in [1.82, 2.24) is 10.6 Å². The molecule has 1 atom stereocenters. The average molecular weight is 184 g/mol. The second kappa shape index (κ2) is 3.95. The molecule has 3 N–H and O–H groups in total. The summed E-state index contributed by atoms with van der Waals surface area (Å²) >= 11 is 0. The van der Waals surface area contributed by atoms with Gasteiger partial charge in [-0.1, -0.05) is 0 Å². The summed E-state index contributed by atoms with van der Waals surface area (Å²) in [6.07, 6.45) is 5.70. The number of nitrogens with one attached hydrogen (secondary N) is 2. The van der Waals surface area contributed by atoms with Gasteiger partial charge >= 0.3 is 0 Å². The molecule has 0 amide bonds. The highest BCUT2D eigenvalue weighted by Gasteiger charge is 2.40. The molecule has 0 aromatic heterocycles. The van der Waals surface area contributed by atoms with E-state index in [4.69, 9.17) is 0 Å². The van der Waals surface area contributed by atoms with E-state index in [2.05, 4.69) is 10.6 Å². The lowest BCUT2D eigenvalue weighted by molar-refractivity contribution is 0.142. The molecule has 2 aliphatic rings. The molecule has 0 radical (unpaired) electrons. The molecular weight excluding hydrogens is 164 g/mol. The predicted octanol–water partition coefficient (Wildman–Crippen LogP) is 0.243. The van der Waals surface area contributed by atoms with Crippen molar-refractivity contribution in [3.05, 3.63) is 0 Å². The second-order valence-corrected chi connectivity index (χ2v) is 4.48. The maximum absolute atomic E-state index is 9.65. The number of hydrogen-bond donors (Lipinski definition) is 3. The summed E-state index contributed by atoms with van der Waals surface area (Å²) in [5.74, 6) is 0. The summed E-state index contributed by atoms with van der Waals surface area (Å²) in [6.45, 7) is 3.08. The van der Waals surface area contributed by atoms with Crippen molar-refractivity contribution in [2.75, 3.05) is 19.6 Å². The van der Waals surface area contributed by atoms with Gasteiger partial charge in [0.05, 0.1) is 5.60 Å². The van der Waals surface area contributed by atoms with Gasteiger partial charge in [-0.25, -0.2) is 0 Å². The monoisotopic (exact) mass is 184 g/mol. The molecule has 1 saturated heterocycles. The minimum absolute atomic E-state index is 0.334. The Morgan fingerprint density at radius 1 is 1.31 bits per heavy atom. The molecule has 1 unspecified atom stereocenters. The Labute approximate surface area is 79.9 Å². The zero-order chi connectivity index (χ0) is 9.15. The first kappa shape index (κ1) is 9.44. The number of hydrogen-bond acceptors (Lipinski definition) is 3. The van der Waals surface area contributed by atoms with Crippen LogP contribution in [-0.2, 0) is 0 Å². The second-order valence-electron chi connectivity index (χ2n) is 4.48. The van der Waals surface area contributed by atoms with E-state index in [1.54, 1.807) is 0 Å². The summed E-state index contributed by atoms with van der Waals surface area (Å²) in [6, 6.07) is 0.625. The van der Waals surface area contributed by atoms with Crippen LogP contribution < -0.4 is 10.6 Å². The van der Waals surface area contributed by atoms with Gasteiger partial charge in [0.2, 0.25) is 0 Å². The fourth-order valence-corrected chi connectivity index (χ4v) is 1.88. The van der Waals surface area contributed by atoms with Crippen LogP contribution in [0.15, 0.2) is 0 Å². The van der Waals surface area contributed by atoms with Gasteiger partial charge in [-0.05, 0) is 45.2 Å². The van der Waals surface area contributed by atoms with Crippen molar-refractivity contribution in [3.63, 3.8) is 0 Å². The highest BCUT2D eigenvalue weighted by atomic mass is 16.3. The molecule has 0 bridgehead atoms. The summed E-state index contributed by atoms with van der Waals surface area (Å²) in [7, 11) is 0. The third kappa shape index (κ3) is 2.93. The van der Waals surface area contributed by atoms with Gasteiger partial charge in [-0.3, -0.25) is 0 Å². The zero-order valence-electron chi connectivity index (χ0n) is 8.18. The van der Waals surface area contributed by atoms with E-state index in [9.17, 15) is 5.11 Å². The number of rotatable bonds is 3. The molecule has 1 saturated carbocycles. The van der Waals surface area contributed by atoms with Gasteiger partial charge in [0, 0.05) is 12.6 Å². The normalized spacial score (nSPS) is 32.5. The molecular formula is C10H20N2O. The summed E-state index contributed by atoms with van der Waals surface area (Å²) in [4.78, 5) is 0. The van der Waals surface area contributed by atoms with Gasteiger partial charge < -0.3 is 15.7 Å². The lowest BCUT2D eigenvalue weighted by Crippen LogP contribution is -2.37. The Bertz CT molecular complexity index is 160. The molecule has 2 fully saturated rings. The molecule has 3 nitrogen and oxygen atoms in total. The quantitative estimate of drug-likeness (QED) is 0.589. The fraction of sp³-hybridized carbons (Fsp3) is 1.00. The van der Waals surface area contributed by atoms with Crippen molar-refractivity contribution in [2.45, 2.75) is 43.7 Å². The van der Waals surface area contributed by atoms with Crippen LogP contribution >= 0.6 is 0 Å². The Hall–Kier alpha value is -0.120. The highest BCUT2D eigenvalue weighted by molar-refractivity contribution is 4.96. The first-order valence-electron chi connectivity index (χ1n) is 5.45. The third-order valence-corrected chi connectivity index (χ3v) is 3.12. The van der Waals surface area contributed by atoms with Crippen molar-refractivity contribution in [2.24, 2.45) is 0 Å². The fourth-order valence-electron chi connectivity index (χ4n) is 1.88. The van der Waals surface area contributed by atoms with E-state index in [1.165, 1.54) is 19.3 Å². The molecule has 13 heavy (non-hydrogen) atoms. The average Bonchev–Trinajstić information content (AvgIpc) is 2.87. The van der Waals surface area contributed by atoms with Crippen LogP contribution in [0.25, 0.3) is 0 Å². The standard InChI is InChI=1S/C10H20N2O/c13-10(4-5-10)8-12-9-2-1-6-11-7-3-9/h9,11-13H,1-8H2. The van der Waals surface area contributed by atoms with Crippen LogP contribution in [0.1, 0.15) is 32.1 Å². The highest BCUT2D eigenvalue weighted by Crippen LogP contribution is 2.34. The minimum atomic E-state index is -0.334. The van der Waals surface area contributed by atoms with E-state index >= 15 is 0 Å². The van der Waals surface area contributed by atoms with Gasteiger partial charge in [0.15, 0.2) is 0 Å². The molecule has 1 aliphatic carbocycles. The van der Waals surface area contributed by atoms with Crippen LogP contribution in [0.5, 0.6) is 0 Å². The largest absolute Gasteiger partial charge is 0.389 e. The smallest absolute Gasteiger partial charge is 0.0773 e. The lowest BCUT2D eigenvalue weighted by Gasteiger charge is -2.18. The topological polar surface area (TPSA) is 44.3 Å². The van der Waals surface area contributed by atoms with Gasteiger partial charge in [-0.2, -0.15) is 0 Å². The molecule has 0 aromatic rings. The maximum atomic E-state index is 9.65. The molecule has 0 spiro atoms. The minimum Gasteiger partial charge on any atom is -0.389 e. The molecule has 1 heterocycles. The van der Waals surface area contributed by atoms with Crippen molar-refractivity contribution >= 4 is 0 Å². The van der Waals surface area contributed by atoms with Crippen LogP contribution in [0, 0.1) is 0 Å². The Balaban J connectivity index is 1.67. The van der Waals surface area contributed by atoms with E-state index in [0.717, 1.165) is 32.5 Å². The first-order valence-corrected chi connectivity index (χ1v) is 5.45. The van der Waals surface area contributed by atoms with E-state index in [0.29, 0.717) is 6.04 Å². The summed E-state index contributed by atoms with van der Waals surface area (Å²) in [5, 5.41) is 16.5. The van der Waals surface area contributed by atoms with E-state index in [1.807, 2.05) is 0 Å². The maximum Gasteiger partial charge on any atom is 0.0773 e. The van der Waals surface area contributed by atoms with E-state index < -0.39 is 0 Å². The van der Waals surface area contributed by atoms with Crippen molar-refractivity contribution < 1.29 is 5.11 Å². The van der Waals surface area contributed by atoms with Crippen molar-refractivity contribution in [1.29, 1.82) is 0 Å². The SMILES string of the molecule is OC1(CNC2CCCNCC2)CC1. The molecule has 3 heteroatoms. The summed E-state index contributed by atoms with van der Waals surface area (Å²) < 4.78 is 0. The lowest BCUT2D eigenvalue weighted by atomic mass is 10.1. The van der Waals surface area contributed by atoms with Crippen molar-refractivity contribution in [3.8, 4) is 0 Å². The Morgan fingerprint density at radius 3 is 2.92 bits per heavy atom. The molecule has 0 aromatic carbocycles. The molecule has 76 valence electrons. The van der Waals surface area contributed by atoms with Crippen LogP contribution in [0.2, 0.25) is 0 Å². The van der Waals surface area contributed by atoms with Crippen LogP contribution in [-0.4, -0.2) is 36.4 Å². The summed E-state index contributed by atoms with van der Waals surface area (Å²) in [5.41, 5.74) is -0.334. The predicted molar refractivity (Wildman–Crippen MR) is 52.7 cm³/mol. The first-order chi connectivity index (χ1) is 6.29. The van der Waals surface area contributed by atoms with Crippen LogP contribution in [0.4, 0.5) is 0 Å². The Kier molecular flexibility index (Phi) is 2.86. The molecule has 1 aliphatic heterocycles. The van der Waals surface area contributed by atoms with Gasteiger partial charge in [0.1, 0.15) is 0 Å². The third-order valence-electron chi connectivity index (χ3n) is 3.12. The van der Waals surface area contributed by atoms with Gasteiger partial charge in [-0.15, -0.1) is 0 Å². The Morgan fingerprint density at radius 2 is 2.15 bits per heavy atom. The zero-order valence-corrected chi connectivity index (χ0v) is 8.18. The van der Waals surface area contributed by atoms with Gasteiger partial charge in [0.25, 0.3) is 0 Å². The van der Waals surface area contributed by atoms with E-state index in [-0.39, 0.29) is 5.60 Å². The number of aliphatic hydroxyl groups is 1. The van der Waals surface area contributed by atoms with Crippen LogP contribution in [0.3, 0.4) is 0 Å².